The minimum absolute atomic E-state index is 0.0843. The maximum absolute atomic E-state index is 13.0. The molecule has 2 N–H and O–H groups in total. The normalized spacial score (nSPS) is 16.1. The Balaban J connectivity index is 1.72. The molecule has 6 nitrogen and oxygen atoms in total. The van der Waals surface area contributed by atoms with Crippen LogP contribution in [0.25, 0.3) is 22.2 Å². The number of rotatable bonds is 3. The molecule has 1 fully saturated rings. The number of H-pyrrole nitrogens is 1. The highest BCUT2D eigenvalue weighted by molar-refractivity contribution is 6.31. The Kier molecular flexibility index (Phi) is 4.61. The zero-order chi connectivity index (χ0) is 18.1. The van der Waals surface area contributed by atoms with Crippen LogP contribution in [-0.2, 0) is 0 Å². The van der Waals surface area contributed by atoms with Crippen molar-refractivity contribution >= 4 is 28.4 Å². The highest BCUT2D eigenvalue weighted by atomic mass is 35.5. The van der Waals surface area contributed by atoms with Crippen molar-refractivity contribution in [1.29, 1.82) is 0 Å². The van der Waals surface area contributed by atoms with Crippen LogP contribution in [0.3, 0.4) is 0 Å². The average Bonchev–Trinajstić information content (AvgIpc) is 3.17. The van der Waals surface area contributed by atoms with E-state index in [2.05, 4.69) is 32.4 Å². The third-order valence-electron chi connectivity index (χ3n) is 4.86. The lowest BCUT2D eigenvalue weighted by Crippen LogP contribution is -2.43. The lowest BCUT2D eigenvalue weighted by atomic mass is 10.0. The van der Waals surface area contributed by atoms with Crippen molar-refractivity contribution in [3.63, 3.8) is 0 Å². The first-order valence-corrected chi connectivity index (χ1v) is 9.07. The van der Waals surface area contributed by atoms with E-state index < -0.39 is 0 Å². The molecule has 0 saturated carbocycles. The Morgan fingerprint density at radius 2 is 2.12 bits per heavy atom. The number of amides is 1. The van der Waals surface area contributed by atoms with Gasteiger partial charge in [0.25, 0.3) is 5.91 Å². The number of piperidine rings is 1. The number of carbonyl (C=O) groups is 1. The molecule has 0 unspecified atom stereocenters. The monoisotopic (exact) mass is 369 g/mol. The van der Waals surface area contributed by atoms with Gasteiger partial charge in [-0.1, -0.05) is 11.6 Å². The Labute approximate surface area is 156 Å². The second kappa shape index (κ2) is 7.05. The number of benzene rings is 1. The average molecular weight is 370 g/mol. The summed E-state index contributed by atoms with van der Waals surface area (Å²) in [6.07, 6.45) is 5.38. The molecular weight excluding hydrogens is 350 g/mol. The van der Waals surface area contributed by atoms with Crippen LogP contribution in [0.15, 0.2) is 36.7 Å². The second-order valence-corrected chi connectivity index (χ2v) is 7.19. The van der Waals surface area contributed by atoms with E-state index in [0.29, 0.717) is 16.3 Å². The van der Waals surface area contributed by atoms with Crippen LogP contribution in [0.2, 0.25) is 5.02 Å². The lowest BCUT2D eigenvalue weighted by Gasteiger charge is -2.29. The molecule has 4 rings (SSSR count). The van der Waals surface area contributed by atoms with Gasteiger partial charge in [0.15, 0.2) is 0 Å². The van der Waals surface area contributed by atoms with Gasteiger partial charge >= 0.3 is 0 Å². The number of nitrogens with zero attached hydrogens (tertiary/aromatic N) is 3. The fourth-order valence-corrected chi connectivity index (χ4v) is 3.51. The molecule has 0 radical (unpaired) electrons. The highest BCUT2D eigenvalue weighted by Crippen LogP contribution is 2.27. The summed E-state index contributed by atoms with van der Waals surface area (Å²) >= 11 is 6.16. The van der Waals surface area contributed by atoms with Gasteiger partial charge in [0.1, 0.15) is 0 Å². The van der Waals surface area contributed by atoms with Crippen molar-refractivity contribution in [1.82, 2.24) is 25.4 Å². The smallest absolute Gasteiger partial charge is 0.252 e. The minimum atomic E-state index is -0.0843. The first-order valence-electron chi connectivity index (χ1n) is 8.69. The van der Waals surface area contributed by atoms with Crippen molar-refractivity contribution in [2.75, 3.05) is 20.1 Å². The van der Waals surface area contributed by atoms with Crippen LogP contribution in [0.4, 0.5) is 0 Å². The van der Waals surface area contributed by atoms with Gasteiger partial charge in [0.05, 0.1) is 23.0 Å². The largest absolute Gasteiger partial charge is 0.349 e. The first kappa shape index (κ1) is 17.0. The SMILES string of the molecule is CN1CCC(NC(=O)c2cc(-c3cn[nH]c3)nc3ccc(Cl)cc23)CC1. The summed E-state index contributed by atoms with van der Waals surface area (Å²) in [5.41, 5.74) is 2.88. The number of aromatic amines is 1. The molecule has 1 aliphatic heterocycles. The summed E-state index contributed by atoms with van der Waals surface area (Å²) in [5.74, 6) is -0.0843. The fraction of sp³-hybridized carbons (Fsp3) is 0.316. The topological polar surface area (TPSA) is 73.9 Å². The van der Waals surface area contributed by atoms with E-state index in [0.717, 1.165) is 42.4 Å². The second-order valence-electron chi connectivity index (χ2n) is 6.75. The van der Waals surface area contributed by atoms with Crippen molar-refractivity contribution in [2.24, 2.45) is 0 Å². The molecule has 134 valence electrons. The van der Waals surface area contributed by atoms with Crippen LogP contribution in [0.1, 0.15) is 23.2 Å². The van der Waals surface area contributed by atoms with E-state index in [9.17, 15) is 4.79 Å². The molecular formula is C19H20ClN5O. The van der Waals surface area contributed by atoms with Gasteiger partial charge in [-0.25, -0.2) is 4.98 Å². The predicted octanol–water partition coefficient (Wildman–Crippen LogP) is 3.10. The van der Waals surface area contributed by atoms with Crippen LogP contribution in [0.5, 0.6) is 0 Å². The number of hydrogen-bond acceptors (Lipinski definition) is 4. The molecule has 1 aliphatic rings. The van der Waals surface area contributed by atoms with Crippen molar-refractivity contribution < 1.29 is 4.79 Å². The molecule has 7 heteroatoms. The summed E-state index contributed by atoms with van der Waals surface area (Å²) < 4.78 is 0. The summed E-state index contributed by atoms with van der Waals surface area (Å²) in [6, 6.07) is 7.43. The van der Waals surface area contributed by atoms with Gasteiger partial charge < -0.3 is 10.2 Å². The molecule has 0 aliphatic carbocycles. The lowest BCUT2D eigenvalue weighted by molar-refractivity contribution is 0.0918. The standard InChI is InChI=1S/C19H20ClN5O/c1-25-6-4-14(5-7-25)23-19(26)16-9-18(12-10-21-22-11-12)24-17-3-2-13(20)8-15(16)17/h2-3,8-11,14H,4-7H2,1H3,(H,21,22)(H,23,26). The van der Waals surface area contributed by atoms with Crippen LogP contribution in [0, 0.1) is 0 Å². The highest BCUT2D eigenvalue weighted by Gasteiger charge is 2.21. The zero-order valence-electron chi connectivity index (χ0n) is 14.5. The fourth-order valence-electron chi connectivity index (χ4n) is 3.34. The molecule has 3 heterocycles. The van der Waals surface area contributed by atoms with Crippen LogP contribution >= 0.6 is 11.6 Å². The summed E-state index contributed by atoms with van der Waals surface area (Å²) in [7, 11) is 2.10. The number of halogens is 1. The van der Waals surface area contributed by atoms with E-state index in [-0.39, 0.29) is 11.9 Å². The van der Waals surface area contributed by atoms with Crippen molar-refractivity contribution in [3.05, 3.63) is 47.2 Å². The number of fused-ring (bicyclic) bond motifs is 1. The van der Waals surface area contributed by atoms with Gasteiger partial charge in [-0.3, -0.25) is 9.89 Å². The van der Waals surface area contributed by atoms with Gasteiger partial charge in [-0.05, 0) is 57.2 Å². The number of pyridine rings is 1. The Morgan fingerprint density at radius 3 is 2.85 bits per heavy atom. The van der Waals surface area contributed by atoms with Crippen LogP contribution < -0.4 is 5.32 Å². The van der Waals surface area contributed by atoms with Crippen molar-refractivity contribution in [3.8, 4) is 11.3 Å². The zero-order valence-corrected chi connectivity index (χ0v) is 15.3. The molecule has 2 aromatic heterocycles. The molecule has 1 aromatic carbocycles. The van der Waals surface area contributed by atoms with Gasteiger partial charge in [-0.15, -0.1) is 0 Å². The minimum Gasteiger partial charge on any atom is -0.349 e. The molecule has 1 amide bonds. The maximum Gasteiger partial charge on any atom is 0.252 e. The number of likely N-dealkylation sites (tertiary alicyclic amines) is 1. The van der Waals surface area contributed by atoms with Gasteiger partial charge in [-0.2, -0.15) is 5.10 Å². The van der Waals surface area contributed by atoms with Gasteiger partial charge in [0.2, 0.25) is 0 Å². The molecule has 0 atom stereocenters. The van der Waals surface area contributed by atoms with E-state index in [1.807, 2.05) is 12.1 Å². The van der Waals surface area contributed by atoms with Crippen LogP contribution in [-0.4, -0.2) is 52.2 Å². The van der Waals surface area contributed by atoms with E-state index >= 15 is 0 Å². The third kappa shape index (κ3) is 3.43. The number of carbonyl (C=O) groups excluding carboxylic acids is 1. The number of aromatic nitrogens is 3. The van der Waals surface area contributed by atoms with Gasteiger partial charge in [0, 0.05) is 28.2 Å². The molecule has 0 bridgehead atoms. The summed E-state index contributed by atoms with van der Waals surface area (Å²) in [6.45, 7) is 1.99. The summed E-state index contributed by atoms with van der Waals surface area (Å²) in [5, 5.41) is 11.3. The Hall–Kier alpha value is -2.44. The third-order valence-corrected chi connectivity index (χ3v) is 5.10. The molecule has 26 heavy (non-hydrogen) atoms. The Bertz CT molecular complexity index is 933. The molecule has 0 spiro atoms. The van der Waals surface area contributed by atoms with E-state index in [4.69, 9.17) is 11.6 Å². The first-order chi connectivity index (χ1) is 12.6. The number of hydrogen-bond donors (Lipinski definition) is 2. The number of nitrogens with one attached hydrogen (secondary N) is 2. The van der Waals surface area contributed by atoms with E-state index in [1.165, 1.54) is 0 Å². The maximum atomic E-state index is 13.0. The van der Waals surface area contributed by atoms with E-state index in [1.54, 1.807) is 24.5 Å². The van der Waals surface area contributed by atoms with Crippen molar-refractivity contribution in [2.45, 2.75) is 18.9 Å². The molecule has 1 saturated heterocycles. The molecule has 3 aromatic rings. The quantitative estimate of drug-likeness (QED) is 0.744. The Morgan fingerprint density at radius 1 is 1.31 bits per heavy atom. The predicted molar refractivity (Wildman–Crippen MR) is 102 cm³/mol. The summed E-state index contributed by atoms with van der Waals surface area (Å²) in [4.78, 5) is 20.0.